The molecule has 0 aliphatic rings. The second kappa shape index (κ2) is 4.07. The molecule has 0 aliphatic carbocycles. The second-order valence-corrected chi connectivity index (χ2v) is 3.86. The average molecular weight is 221 g/mol. The molecule has 0 fully saturated rings. The Morgan fingerprint density at radius 2 is 2.20 bits per heavy atom. The number of nitrogens with zero attached hydrogens (tertiary/aromatic N) is 2. The third-order valence-electron chi connectivity index (χ3n) is 2.44. The summed E-state index contributed by atoms with van der Waals surface area (Å²) in [5.74, 6) is 0. The summed E-state index contributed by atoms with van der Waals surface area (Å²) in [4.78, 5) is 4.12. The van der Waals surface area contributed by atoms with E-state index in [1.54, 1.807) is 0 Å². The van der Waals surface area contributed by atoms with Crippen molar-refractivity contribution in [2.45, 2.75) is 20.4 Å². The van der Waals surface area contributed by atoms with Gasteiger partial charge in [0.25, 0.3) is 0 Å². The summed E-state index contributed by atoms with van der Waals surface area (Å²) in [5.41, 5.74) is 3.48. The first-order valence-electron chi connectivity index (χ1n) is 5.00. The van der Waals surface area contributed by atoms with Crippen LogP contribution < -0.4 is 0 Å². The van der Waals surface area contributed by atoms with Gasteiger partial charge in [-0.3, -0.25) is 0 Å². The van der Waals surface area contributed by atoms with Crippen LogP contribution in [0.1, 0.15) is 12.5 Å². The van der Waals surface area contributed by atoms with Gasteiger partial charge in [0, 0.05) is 12.1 Å². The van der Waals surface area contributed by atoms with Gasteiger partial charge in [0.15, 0.2) is 0 Å². The number of hydrogen-bond donors (Lipinski definition) is 0. The maximum atomic E-state index is 5.99. The molecule has 78 valence electrons. The molecular formula is C12H13ClN2. The quantitative estimate of drug-likeness (QED) is 0.757. The summed E-state index contributed by atoms with van der Waals surface area (Å²) in [7, 11) is 0. The van der Waals surface area contributed by atoms with Gasteiger partial charge >= 0.3 is 0 Å². The van der Waals surface area contributed by atoms with Crippen molar-refractivity contribution in [1.82, 2.24) is 9.55 Å². The van der Waals surface area contributed by atoms with Gasteiger partial charge < -0.3 is 4.57 Å². The second-order valence-electron chi connectivity index (χ2n) is 3.53. The lowest BCUT2D eigenvalue weighted by molar-refractivity contribution is 0.770. The number of benzene rings is 1. The molecule has 0 atom stereocenters. The third kappa shape index (κ3) is 1.90. The van der Waals surface area contributed by atoms with Crippen LogP contribution in [0.2, 0.25) is 5.28 Å². The van der Waals surface area contributed by atoms with Crippen molar-refractivity contribution >= 4 is 11.6 Å². The van der Waals surface area contributed by atoms with Gasteiger partial charge in [0.05, 0.1) is 11.9 Å². The molecule has 1 heterocycles. The van der Waals surface area contributed by atoms with Crippen LogP contribution in [-0.4, -0.2) is 9.55 Å². The molecule has 0 aliphatic heterocycles. The van der Waals surface area contributed by atoms with Gasteiger partial charge in [0.1, 0.15) is 0 Å². The van der Waals surface area contributed by atoms with Crippen LogP contribution >= 0.6 is 11.6 Å². The van der Waals surface area contributed by atoms with E-state index < -0.39 is 0 Å². The first kappa shape index (κ1) is 10.2. The number of hydrogen-bond acceptors (Lipinski definition) is 1. The van der Waals surface area contributed by atoms with E-state index in [0.717, 1.165) is 17.8 Å². The number of aryl methyl sites for hydroxylation is 1. The smallest absolute Gasteiger partial charge is 0.203 e. The molecule has 0 N–H and O–H groups in total. The van der Waals surface area contributed by atoms with E-state index in [1.165, 1.54) is 5.56 Å². The van der Waals surface area contributed by atoms with Gasteiger partial charge in [-0.05, 0) is 31.5 Å². The van der Waals surface area contributed by atoms with E-state index in [9.17, 15) is 0 Å². The van der Waals surface area contributed by atoms with Gasteiger partial charge in [-0.2, -0.15) is 0 Å². The van der Waals surface area contributed by atoms with Crippen molar-refractivity contribution in [2.75, 3.05) is 0 Å². The van der Waals surface area contributed by atoms with Crippen LogP contribution in [0.4, 0.5) is 0 Å². The highest BCUT2D eigenvalue weighted by Crippen LogP contribution is 2.23. The Hall–Kier alpha value is -1.28. The fourth-order valence-corrected chi connectivity index (χ4v) is 1.95. The minimum absolute atomic E-state index is 0.550. The molecule has 1 aromatic heterocycles. The zero-order valence-corrected chi connectivity index (χ0v) is 9.62. The molecule has 0 saturated heterocycles. The first-order valence-corrected chi connectivity index (χ1v) is 5.38. The van der Waals surface area contributed by atoms with Crippen LogP contribution in [0.5, 0.6) is 0 Å². The van der Waals surface area contributed by atoms with E-state index in [1.807, 2.05) is 16.8 Å². The van der Waals surface area contributed by atoms with Crippen molar-refractivity contribution in [1.29, 1.82) is 0 Å². The number of aromatic nitrogens is 2. The molecule has 0 saturated carbocycles. The monoisotopic (exact) mass is 220 g/mol. The van der Waals surface area contributed by atoms with Gasteiger partial charge in [-0.15, -0.1) is 0 Å². The van der Waals surface area contributed by atoms with E-state index in [-0.39, 0.29) is 0 Å². The summed E-state index contributed by atoms with van der Waals surface area (Å²) in [6.45, 7) is 4.98. The lowest BCUT2D eigenvalue weighted by Crippen LogP contribution is -1.96. The normalized spacial score (nSPS) is 10.6. The predicted octanol–water partition coefficient (Wildman–Crippen LogP) is 3.53. The molecule has 0 spiro atoms. The van der Waals surface area contributed by atoms with Crippen molar-refractivity contribution in [2.24, 2.45) is 0 Å². The highest BCUT2D eigenvalue weighted by molar-refractivity contribution is 6.28. The Bertz CT molecular complexity index is 474. The van der Waals surface area contributed by atoms with E-state index >= 15 is 0 Å². The maximum Gasteiger partial charge on any atom is 0.203 e. The molecule has 0 bridgehead atoms. The van der Waals surface area contributed by atoms with Crippen LogP contribution in [0.25, 0.3) is 11.3 Å². The molecule has 2 nitrogen and oxygen atoms in total. The Morgan fingerprint density at radius 3 is 2.87 bits per heavy atom. The molecule has 3 heteroatoms. The maximum absolute atomic E-state index is 5.99. The lowest BCUT2D eigenvalue weighted by Gasteiger charge is -2.06. The van der Waals surface area contributed by atoms with Crippen LogP contribution in [-0.2, 0) is 6.54 Å². The fourth-order valence-electron chi connectivity index (χ4n) is 1.69. The number of imidazole rings is 1. The molecule has 0 radical (unpaired) electrons. The average Bonchev–Trinajstić information content (AvgIpc) is 2.59. The third-order valence-corrected chi connectivity index (χ3v) is 2.74. The van der Waals surface area contributed by atoms with Crippen molar-refractivity contribution in [3.63, 3.8) is 0 Å². The Kier molecular flexibility index (Phi) is 2.78. The molecular weight excluding hydrogens is 208 g/mol. The predicted molar refractivity (Wildman–Crippen MR) is 63.1 cm³/mol. The Labute approximate surface area is 94.5 Å². The van der Waals surface area contributed by atoms with Gasteiger partial charge in [0.2, 0.25) is 5.28 Å². The number of halogens is 1. The summed E-state index contributed by atoms with van der Waals surface area (Å²) in [5, 5.41) is 0.550. The summed E-state index contributed by atoms with van der Waals surface area (Å²) >= 11 is 5.99. The largest absolute Gasteiger partial charge is 0.315 e. The van der Waals surface area contributed by atoms with Crippen LogP contribution in [0.15, 0.2) is 30.5 Å². The lowest BCUT2D eigenvalue weighted by atomic mass is 10.1. The minimum atomic E-state index is 0.550. The van der Waals surface area contributed by atoms with Crippen molar-refractivity contribution in [3.8, 4) is 11.3 Å². The molecule has 1 aromatic carbocycles. The highest BCUT2D eigenvalue weighted by atomic mass is 35.5. The van der Waals surface area contributed by atoms with Crippen LogP contribution in [0, 0.1) is 6.92 Å². The summed E-state index contributed by atoms with van der Waals surface area (Å²) < 4.78 is 2.00. The molecule has 2 rings (SSSR count). The zero-order valence-electron chi connectivity index (χ0n) is 8.87. The first-order chi connectivity index (χ1) is 7.22. The van der Waals surface area contributed by atoms with Gasteiger partial charge in [-0.25, -0.2) is 4.98 Å². The number of rotatable bonds is 2. The van der Waals surface area contributed by atoms with E-state index in [0.29, 0.717) is 5.28 Å². The Morgan fingerprint density at radius 1 is 1.40 bits per heavy atom. The standard InChI is InChI=1S/C12H13ClN2/c1-3-15-11(8-14-12(15)13)10-6-4-5-9(2)7-10/h4-8H,3H2,1-2H3. The molecule has 15 heavy (non-hydrogen) atoms. The van der Waals surface area contributed by atoms with E-state index in [4.69, 9.17) is 11.6 Å². The minimum Gasteiger partial charge on any atom is -0.315 e. The summed E-state index contributed by atoms with van der Waals surface area (Å²) in [6.07, 6.45) is 1.82. The highest BCUT2D eigenvalue weighted by Gasteiger charge is 2.07. The summed E-state index contributed by atoms with van der Waals surface area (Å²) in [6, 6.07) is 8.34. The molecule has 2 aromatic rings. The van der Waals surface area contributed by atoms with E-state index in [2.05, 4.69) is 37.0 Å². The molecule has 0 unspecified atom stereocenters. The van der Waals surface area contributed by atoms with Crippen LogP contribution in [0.3, 0.4) is 0 Å². The topological polar surface area (TPSA) is 17.8 Å². The fraction of sp³-hybridized carbons (Fsp3) is 0.250. The SMILES string of the molecule is CCn1c(-c2cccc(C)c2)cnc1Cl. The van der Waals surface area contributed by atoms with Gasteiger partial charge in [-0.1, -0.05) is 23.8 Å². The zero-order chi connectivity index (χ0) is 10.8. The van der Waals surface area contributed by atoms with Crippen molar-refractivity contribution < 1.29 is 0 Å². The van der Waals surface area contributed by atoms with Crippen molar-refractivity contribution in [3.05, 3.63) is 41.3 Å². The molecule has 0 amide bonds. The Balaban J connectivity index is 2.54.